The molecule has 0 heterocycles. The Morgan fingerprint density at radius 3 is 2.40 bits per heavy atom. The number of hydrogen-bond acceptors (Lipinski definition) is 2. The molecular weight excluding hydrogens is 253 g/mol. The molecule has 0 fully saturated rings. The van der Waals surface area contributed by atoms with Gasteiger partial charge < -0.3 is 10.5 Å². The van der Waals surface area contributed by atoms with Gasteiger partial charge in [0.15, 0.2) is 0 Å². The monoisotopic (exact) mass is 271 g/mol. The molecule has 0 bridgehead atoms. The van der Waals surface area contributed by atoms with E-state index < -0.39 is 6.67 Å². The number of nitrogens with two attached hydrogens (primary N) is 1. The molecular formula is C17H18FNO. The summed E-state index contributed by atoms with van der Waals surface area (Å²) >= 11 is 0. The average molecular weight is 271 g/mol. The fourth-order valence-corrected chi connectivity index (χ4v) is 1.80. The Balaban J connectivity index is 2.14. The Kier molecular flexibility index (Phi) is 4.77. The first-order chi connectivity index (χ1) is 9.69. The summed E-state index contributed by atoms with van der Waals surface area (Å²) in [6.07, 6.45) is 4.00. The van der Waals surface area contributed by atoms with Gasteiger partial charge in [-0.2, -0.15) is 0 Å². The fourth-order valence-electron chi connectivity index (χ4n) is 1.80. The molecule has 104 valence electrons. The topological polar surface area (TPSA) is 35.2 Å². The molecule has 2 aromatic carbocycles. The lowest BCUT2D eigenvalue weighted by Gasteiger charge is -2.07. The zero-order valence-electron chi connectivity index (χ0n) is 11.5. The highest BCUT2D eigenvalue weighted by Crippen LogP contribution is 2.24. The molecule has 2 rings (SSSR count). The predicted molar refractivity (Wildman–Crippen MR) is 82.4 cm³/mol. The number of hydrogen-bond donors (Lipinski definition) is 1. The van der Waals surface area contributed by atoms with E-state index >= 15 is 0 Å². The maximum atomic E-state index is 12.1. The molecule has 0 atom stereocenters. The van der Waals surface area contributed by atoms with Crippen LogP contribution in [0.2, 0.25) is 0 Å². The summed E-state index contributed by atoms with van der Waals surface area (Å²) in [5, 5.41) is 0. The molecule has 20 heavy (non-hydrogen) atoms. The van der Waals surface area contributed by atoms with Gasteiger partial charge in [-0.25, -0.2) is 4.39 Å². The number of aryl methyl sites for hydroxylation is 1. The van der Waals surface area contributed by atoms with E-state index in [0.717, 1.165) is 11.1 Å². The van der Waals surface area contributed by atoms with E-state index in [1.165, 1.54) is 5.56 Å². The van der Waals surface area contributed by atoms with Crippen LogP contribution < -0.4 is 10.5 Å². The lowest BCUT2D eigenvalue weighted by atomic mass is 10.1. The molecule has 0 unspecified atom stereocenters. The molecule has 0 aliphatic carbocycles. The standard InChI is InChI=1S/C17H18FNO/c1-13-2-4-14(5-3-13)6-7-15-8-9-16(19)17(12-15)20-11-10-18/h2-9,12H,10-11,19H2,1H3/b7-6+. The SMILES string of the molecule is Cc1ccc(/C=C/c2ccc(N)c(OCCF)c2)cc1. The summed E-state index contributed by atoms with van der Waals surface area (Å²) in [4.78, 5) is 0. The largest absolute Gasteiger partial charge is 0.489 e. The van der Waals surface area contributed by atoms with Crippen molar-refractivity contribution < 1.29 is 9.13 Å². The van der Waals surface area contributed by atoms with Crippen molar-refractivity contribution >= 4 is 17.8 Å². The minimum absolute atomic E-state index is 0.0231. The second kappa shape index (κ2) is 6.75. The van der Waals surface area contributed by atoms with E-state index in [0.29, 0.717) is 11.4 Å². The molecule has 0 aliphatic rings. The van der Waals surface area contributed by atoms with Gasteiger partial charge in [-0.1, -0.05) is 48.0 Å². The van der Waals surface area contributed by atoms with Crippen LogP contribution in [0.3, 0.4) is 0 Å². The Labute approximate surface area is 118 Å². The zero-order chi connectivity index (χ0) is 14.4. The van der Waals surface area contributed by atoms with Crippen molar-refractivity contribution in [3.05, 3.63) is 59.2 Å². The third-order valence-electron chi connectivity index (χ3n) is 2.92. The Hall–Kier alpha value is -2.29. The lowest BCUT2D eigenvalue weighted by molar-refractivity contribution is 0.274. The highest BCUT2D eigenvalue weighted by molar-refractivity contribution is 5.72. The summed E-state index contributed by atoms with van der Waals surface area (Å²) in [5.41, 5.74) is 9.62. The first kappa shape index (κ1) is 14.1. The quantitative estimate of drug-likeness (QED) is 0.656. The van der Waals surface area contributed by atoms with Crippen LogP contribution in [0.1, 0.15) is 16.7 Å². The fraction of sp³-hybridized carbons (Fsp3) is 0.176. The van der Waals surface area contributed by atoms with E-state index in [2.05, 4.69) is 31.2 Å². The van der Waals surface area contributed by atoms with Crippen molar-refractivity contribution in [2.45, 2.75) is 6.92 Å². The van der Waals surface area contributed by atoms with E-state index in [1.54, 1.807) is 6.07 Å². The van der Waals surface area contributed by atoms with Gasteiger partial charge >= 0.3 is 0 Å². The van der Waals surface area contributed by atoms with E-state index in [-0.39, 0.29) is 6.61 Å². The summed E-state index contributed by atoms with van der Waals surface area (Å²) in [7, 11) is 0. The van der Waals surface area contributed by atoms with Crippen molar-refractivity contribution in [1.82, 2.24) is 0 Å². The van der Waals surface area contributed by atoms with E-state index in [4.69, 9.17) is 10.5 Å². The molecule has 0 aromatic heterocycles. The summed E-state index contributed by atoms with van der Waals surface area (Å²) in [5.74, 6) is 0.522. The van der Waals surface area contributed by atoms with Gasteiger partial charge in [-0.3, -0.25) is 0 Å². The van der Waals surface area contributed by atoms with Crippen molar-refractivity contribution in [2.75, 3.05) is 19.0 Å². The van der Waals surface area contributed by atoms with Gasteiger partial charge in [-0.15, -0.1) is 0 Å². The van der Waals surface area contributed by atoms with Crippen LogP contribution in [0.5, 0.6) is 5.75 Å². The van der Waals surface area contributed by atoms with Gasteiger partial charge in [0.05, 0.1) is 5.69 Å². The minimum atomic E-state index is -0.525. The Morgan fingerprint density at radius 1 is 1.05 bits per heavy atom. The number of rotatable bonds is 5. The maximum absolute atomic E-state index is 12.1. The number of benzene rings is 2. The zero-order valence-corrected chi connectivity index (χ0v) is 11.5. The molecule has 3 heteroatoms. The Morgan fingerprint density at radius 2 is 1.70 bits per heavy atom. The van der Waals surface area contributed by atoms with Gasteiger partial charge in [0.25, 0.3) is 0 Å². The number of alkyl halides is 1. The molecule has 0 saturated carbocycles. The third-order valence-corrected chi connectivity index (χ3v) is 2.92. The van der Waals surface area contributed by atoms with Crippen molar-refractivity contribution in [3.63, 3.8) is 0 Å². The molecule has 0 saturated heterocycles. The van der Waals surface area contributed by atoms with Crippen LogP contribution >= 0.6 is 0 Å². The predicted octanol–water partition coefficient (Wildman–Crippen LogP) is 4.10. The highest BCUT2D eigenvalue weighted by atomic mass is 19.1. The van der Waals surface area contributed by atoms with Crippen molar-refractivity contribution in [3.8, 4) is 5.75 Å². The first-order valence-electron chi connectivity index (χ1n) is 6.52. The second-order valence-electron chi connectivity index (χ2n) is 4.58. The van der Waals surface area contributed by atoms with Crippen LogP contribution in [-0.2, 0) is 0 Å². The van der Waals surface area contributed by atoms with Crippen LogP contribution in [0.4, 0.5) is 10.1 Å². The first-order valence-corrected chi connectivity index (χ1v) is 6.52. The Bertz CT molecular complexity index is 590. The van der Waals surface area contributed by atoms with Crippen molar-refractivity contribution in [1.29, 1.82) is 0 Å². The number of ether oxygens (including phenoxy) is 1. The molecule has 0 aliphatic heterocycles. The van der Waals surface area contributed by atoms with Crippen LogP contribution in [-0.4, -0.2) is 13.3 Å². The second-order valence-corrected chi connectivity index (χ2v) is 4.58. The smallest absolute Gasteiger partial charge is 0.142 e. The van der Waals surface area contributed by atoms with Crippen LogP contribution in [0, 0.1) is 6.92 Å². The van der Waals surface area contributed by atoms with E-state index in [9.17, 15) is 4.39 Å². The average Bonchev–Trinajstić information content (AvgIpc) is 2.46. The van der Waals surface area contributed by atoms with Crippen LogP contribution in [0.25, 0.3) is 12.2 Å². The lowest BCUT2D eigenvalue weighted by Crippen LogP contribution is -2.01. The summed E-state index contributed by atoms with van der Waals surface area (Å²) in [6.45, 7) is 1.56. The third kappa shape index (κ3) is 3.85. The normalized spacial score (nSPS) is 10.9. The van der Waals surface area contributed by atoms with E-state index in [1.807, 2.05) is 24.3 Å². The molecule has 2 N–H and O–H groups in total. The van der Waals surface area contributed by atoms with Crippen LogP contribution in [0.15, 0.2) is 42.5 Å². The molecule has 2 nitrogen and oxygen atoms in total. The number of nitrogen functional groups attached to an aromatic ring is 1. The summed E-state index contributed by atoms with van der Waals surface area (Å²) in [6, 6.07) is 13.7. The van der Waals surface area contributed by atoms with Gasteiger partial charge in [0.1, 0.15) is 19.0 Å². The number of halogens is 1. The minimum Gasteiger partial charge on any atom is -0.489 e. The van der Waals surface area contributed by atoms with Gasteiger partial charge in [0.2, 0.25) is 0 Å². The molecule has 0 radical (unpaired) electrons. The molecule has 0 spiro atoms. The maximum Gasteiger partial charge on any atom is 0.142 e. The molecule has 2 aromatic rings. The van der Waals surface area contributed by atoms with Gasteiger partial charge in [0, 0.05) is 0 Å². The van der Waals surface area contributed by atoms with Gasteiger partial charge in [-0.05, 0) is 30.2 Å². The van der Waals surface area contributed by atoms with Crippen molar-refractivity contribution in [2.24, 2.45) is 0 Å². The summed E-state index contributed by atoms with van der Waals surface area (Å²) < 4.78 is 17.4. The number of anilines is 1. The molecule has 0 amide bonds. The highest BCUT2D eigenvalue weighted by Gasteiger charge is 2.00.